The van der Waals surface area contributed by atoms with Crippen LogP contribution in [0.15, 0.2) is 60.8 Å². The van der Waals surface area contributed by atoms with Crippen molar-refractivity contribution in [2.75, 3.05) is 12.4 Å². The minimum atomic E-state index is -0.337. The van der Waals surface area contributed by atoms with Gasteiger partial charge in [-0.15, -0.1) is 0 Å². The van der Waals surface area contributed by atoms with Gasteiger partial charge in [0.1, 0.15) is 23.7 Å². The molecule has 2 aromatic heterocycles. The summed E-state index contributed by atoms with van der Waals surface area (Å²) in [5.41, 5.74) is 6.25. The van der Waals surface area contributed by atoms with Crippen molar-refractivity contribution in [2.45, 2.75) is 33.7 Å². The number of hydrogen-bond acceptors (Lipinski definition) is 7. The maximum atomic E-state index is 12.8. The highest BCUT2D eigenvalue weighted by molar-refractivity contribution is 6.31. The standard InChI is InChI=1S/C29H28ClN3O5/c1-17-21(6-4-8-24(17)32-28(36)25-11-10-19(14-34)13-31-25)22-7-5-9-27(18(22)2)38-16-26-23(30)12-20(15-35)29(33-26)37-3/h4-13,34-35H,14-16H2,1-3H3,(H,32,36). The van der Waals surface area contributed by atoms with Gasteiger partial charge in [-0.05, 0) is 65.9 Å². The Morgan fingerprint density at radius 3 is 2.39 bits per heavy atom. The smallest absolute Gasteiger partial charge is 0.274 e. The first-order valence-electron chi connectivity index (χ1n) is 11.9. The molecule has 38 heavy (non-hydrogen) atoms. The van der Waals surface area contributed by atoms with E-state index in [-0.39, 0.29) is 31.4 Å². The first-order chi connectivity index (χ1) is 18.4. The number of halogens is 1. The van der Waals surface area contributed by atoms with E-state index in [1.165, 1.54) is 13.3 Å². The molecule has 4 aromatic rings. The predicted octanol–water partition coefficient (Wildman–Crippen LogP) is 5.24. The molecule has 0 aliphatic heterocycles. The third kappa shape index (κ3) is 5.78. The lowest BCUT2D eigenvalue weighted by Gasteiger charge is -2.17. The third-order valence-electron chi connectivity index (χ3n) is 6.21. The molecule has 2 aromatic carbocycles. The second kappa shape index (κ2) is 12.0. The van der Waals surface area contributed by atoms with Gasteiger partial charge in [0.2, 0.25) is 5.88 Å². The number of nitrogens with zero attached hydrogens (tertiary/aromatic N) is 2. The molecule has 0 atom stereocenters. The maximum Gasteiger partial charge on any atom is 0.274 e. The topological polar surface area (TPSA) is 114 Å². The summed E-state index contributed by atoms with van der Waals surface area (Å²) in [7, 11) is 1.48. The number of aromatic nitrogens is 2. The first kappa shape index (κ1) is 27.1. The highest BCUT2D eigenvalue weighted by atomic mass is 35.5. The number of nitrogens with one attached hydrogen (secondary N) is 1. The van der Waals surface area contributed by atoms with Crippen LogP contribution in [-0.2, 0) is 19.8 Å². The summed E-state index contributed by atoms with van der Waals surface area (Å²) >= 11 is 6.35. The Balaban J connectivity index is 1.57. The van der Waals surface area contributed by atoms with E-state index in [0.717, 1.165) is 22.3 Å². The van der Waals surface area contributed by atoms with E-state index < -0.39 is 0 Å². The van der Waals surface area contributed by atoms with Gasteiger partial charge in [0.05, 0.1) is 25.3 Å². The Labute approximate surface area is 225 Å². The second-order valence-corrected chi connectivity index (χ2v) is 9.01. The molecular weight excluding hydrogens is 506 g/mol. The van der Waals surface area contributed by atoms with E-state index in [1.807, 2.05) is 50.2 Å². The van der Waals surface area contributed by atoms with E-state index in [4.69, 9.17) is 21.1 Å². The first-order valence-corrected chi connectivity index (χ1v) is 12.3. The lowest BCUT2D eigenvalue weighted by atomic mass is 9.95. The molecule has 0 saturated carbocycles. The summed E-state index contributed by atoms with van der Waals surface area (Å²) in [6, 6.07) is 16.3. The number of methoxy groups -OCH3 is 1. The number of pyridine rings is 2. The van der Waals surface area contributed by atoms with Gasteiger partial charge in [0.15, 0.2) is 0 Å². The fourth-order valence-electron chi connectivity index (χ4n) is 4.05. The van der Waals surface area contributed by atoms with Crippen LogP contribution in [-0.4, -0.2) is 33.2 Å². The molecule has 0 spiro atoms. The van der Waals surface area contributed by atoms with E-state index in [2.05, 4.69) is 15.3 Å². The molecule has 4 rings (SSSR count). The van der Waals surface area contributed by atoms with Gasteiger partial charge in [-0.25, -0.2) is 4.98 Å². The monoisotopic (exact) mass is 533 g/mol. The lowest BCUT2D eigenvalue weighted by Crippen LogP contribution is -2.14. The molecule has 196 valence electrons. The van der Waals surface area contributed by atoms with Gasteiger partial charge in [0, 0.05) is 17.4 Å². The highest BCUT2D eigenvalue weighted by Gasteiger charge is 2.16. The Hall–Kier alpha value is -3.98. The van der Waals surface area contributed by atoms with Gasteiger partial charge < -0.3 is 25.0 Å². The van der Waals surface area contributed by atoms with Crippen LogP contribution in [0.4, 0.5) is 5.69 Å². The fraction of sp³-hybridized carbons (Fsp3) is 0.207. The number of amides is 1. The molecule has 0 fully saturated rings. The van der Waals surface area contributed by atoms with Crippen molar-refractivity contribution < 1.29 is 24.5 Å². The molecule has 3 N–H and O–H groups in total. The van der Waals surface area contributed by atoms with Crippen LogP contribution in [0.3, 0.4) is 0 Å². The molecule has 8 nitrogen and oxygen atoms in total. The number of aliphatic hydroxyl groups is 2. The van der Waals surface area contributed by atoms with Crippen molar-refractivity contribution in [1.82, 2.24) is 9.97 Å². The van der Waals surface area contributed by atoms with Crippen LogP contribution in [0.1, 0.15) is 38.4 Å². The Bertz CT molecular complexity index is 1460. The van der Waals surface area contributed by atoms with Crippen molar-refractivity contribution in [3.63, 3.8) is 0 Å². The number of anilines is 1. The van der Waals surface area contributed by atoms with Crippen LogP contribution in [0.5, 0.6) is 11.6 Å². The number of ether oxygens (including phenoxy) is 2. The summed E-state index contributed by atoms with van der Waals surface area (Å²) in [6.07, 6.45) is 1.48. The van der Waals surface area contributed by atoms with Gasteiger partial charge in [0.25, 0.3) is 5.91 Å². The Kier molecular flexibility index (Phi) is 8.58. The number of hydrogen-bond donors (Lipinski definition) is 3. The predicted molar refractivity (Wildman–Crippen MR) is 146 cm³/mol. The SMILES string of the molecule is COc1nc(COc2cccc(-c3cccc(NC(=O)c4ccc(CO)cn4)c3C)c2C)c(Cl)cc1CO. The normalized spacial score (nSPS) is 10.8. The Morgan fingerprint density at radius 2 is 1.74 bits per heavy atom. The molecule has 0 aliphatic rings. The number of rotatable bonds is 9. The van der Waals surface area contributed by atoms with E-state index >= 15 is 0 Å². The largest absolute Gasteiger partial charge is 0.487 e. The van der Waals surface area contributed by atoms with Crippen LogP contribution >= 0.6 is 11.6 Å². The third-order valence-corrected chi connectivity index (χ3v) is 6.54. The average molecular weight is 534 g/mol. The molecule has 0 aliphatic carbocycles. The van der Waals surface area contributed by atoms with Crippen molar-refractivity contribution in [2.24, 2.45) is 0 Å². The zero-order chi connectivity index (χ0) is 27.2. The summed E-state index contributed by atoms with van der Waals surface area (Å²) in [5.74, 6) is 0.623. The van der Waals surface area contributed by atoms with Gasteiger partial charge in [-0.2, -0.15) is 0 Å². The average Bonchev–Trinajstić information content (AvgIpc) is 2.94. The summed E-state index contributed by atoms with van der Waals surface area (Å²) < 4.78 is 11.3. The van der Waals surface area contributed by atoms with Gasteiger partial charge in [-0.1, -0.05) is 41.9 Å². The molecule has 2 heterocycles. The summed E-state index contributed by atoms with van der Waals surface area (Å²) in [4.78, 5) is 21.3. The fourth-order valence-corrected chi connectivity index (χ4v) is 4.28. The van der Waals surface area contributed by atoms with Gasteiger partial charge in [-0.3, -0.25) is 9.78 Å². The van der Waals surface area contributed by atoms with E-state index in [9.17, 15) is 15.0 Å². The number of carbonyl (C=O) groups is 1. The minimum absolute atomic E-state index is 0.113. The number of aliphatic hydroxyl groups excluding tert-OH is 2. The second-order valence-electron chi connectivity index (χ2n) is 8.60. The Morgan fingerprint density at radius 1 is 1.00 bits per heavy atom. The quantitative estimate of drug-likeness (QED) is 0.269. The van der Waals surface area contributed by atoms with E-state index in [0.29, 0.717) is 39.2 Å². The summed E-state index contributed by atoms with van der Waals surface area (Å²) in [5, 5.41) is 22.0. The molecule has 9 heteroatoms. The molecule has 0 saturated heterocycles. The number of benzene rings is 2. The van der Waals surface area contributed by atoms with Gasteiger partial charge >= 0.3 is 0 Å². The van der Waals surface area contributed by atoms with Crippen molar-refractivity contribution in [3.8, 4) is 22.8 Å². The van der Waals surface area contributed by atoms with Crippen molar-refractivity contribution >= 4 is 23.2 Å². The molecular formula is C29H28ClN3O5. The van der Waals surface area contributed by atoms with Crippen molar-refractivity contribution in [3.05, 3.63) is 99.5 Å². The molecule has 0 bridgehead atoms. The van der Waals surface area contributed by atoms with Crippen molar-refractivity contribution in [1.29, 1.82) is 0 Å². The number of carbonyl (C=O) groups excluding carboxylic acids is 1. The van der Waals surface area contributed by atoms with E-state index in [1.54, 1.807) is 18.2 Å². The van der Waals surface area contributed by atoms with Crippen LogP contribution in [0, 0.1) is 13.8 Å². The molecule has 0 radical (unpaired) electrons. The van der Waals surface area contributed by atoms with Crippen LogP contribution in [0.25, 0.3) is 11.1 Å². The molecule has 0 unspecified atom stereocenters. The summed E-state index contributed by atoms with van der Waals surface area (Å²) in [6.45, 7) is 3.66. The molecule has 1 amide bonds. The maximum absolute atomic E-state index is 12.8. The minimum Gasteiger partial charge on any atom is -0.487 e. The van der Waals surface area contributed by atoms with Crippen LogP contribution < -0.4 is 14.8 Å². The van der Waals surface area contributed by atoms with Crippen LogP contribution in [0.2, 0.25) is 5.02 Å². The lowest BCUT2D eigenvalue weighted by molar-refractivity contribution is 0.102. The zero-order valence-electron chi connectivity index (χ0n) is 21.3. The zero-order valence-corrected chi connectivity index (χ0v) is 22.0. The highest BCUT2D eigenvalue weighted by Crippen LogP contribution is 2.35.